The second kappa shape index (κ2) is 5.62. The van der Waals surface area contributed by atoms with Crippen molar-refractivity contribution in [3.8, 4) is 11.3 Å². The van der Waals surface area contributed by atoms with Crippen LogP contribution in [0, 0.1) is 6.92 Å². The number of hydrogen-bond acceptors (Lipinski definition) is 5. The molecule has 1 saturated heterocycles. The molecular formula is C17H20N6. The van der Waals surface area contributed by atoms with Crippen LogP contribution in [0.3, 0.4) is 0 Å². The molecule has 23 heavy (non-hydrogen) atoms. The third-order valence-electron chi connectivity index (χ3n) is 4.61. The molecule has 1 aliphatic heterocycles. The van der Waals surface area contributed by atoms with Crippen molar-refractivity contribution in [1.82, 2.24) is 25.5 Å². The van der Waals surface area contributed by atoms with E-state index in [1.54, 1.807) is 0 Å². The van der Waals surface area contributed by atoms with Crippen LogP contribution in [0.25, 0.3) is 22.2 Å². The van der Waals surface area contributed by atoms with Gasteiger partial charge in [0.1, 0.15) is 5.82 Å². The lowest BCUT2D eigenvalue weighted by atomic mass is 10.1. The van der Waals surface area contributed by atoms with E-state index in [-0.39, 0.29) is 0 Å². The fourth-order valence-electron chi connectivity index (χ4n) is 3.12. The van der Waals surface area contributed by atoms with Gasteiger partial charge < -0.3 is 10.2 Å². The number of hydrogen-bond donors (Lipinski definition) is 2. The Hall–Kier alpha value is -2.47. The van der Waals surface area contributed by atoms with Crippen LogP contribution in [-0.4, -0.2) is 46.3 Å². The normalized spacial score (nSPS) is 17.7. The Balaban J connectivity index is 1.70. The third kappa shape index (κ3) is 2.55. The molecule has 0 aliphatic carbocycles. The van der Waals surface area contributed by atoms with E-state index in [0.717, 1.165) is 53.2 Å². The number of rotatable bonds is 3. The highest BCUT2D eigenvalue weighted by atomic mass is 15.2. The molecule has 3 heterocycles. The van der Waals surface area contributed by atoms with Crippen LogP contribution in [0.4, 0.5) is 5.82 Å². The molecule has 6 heteroatoms. The molecule has 4 rings (SSSR count). The van der Waals surface area contributed by atoms with Crippen LogP contribution in [0.1, 0.15) is 12.1 Å². The summed E-state index contributed by atoms with van der Waals surface area (Å²) in [6.45, 7) is 4.10. The number of aromatic amines is 1. The summed E-state index contributed by atoms with van der Waals surface area (Å²) in [5, 5.41) is 11.8. The average molecular weight is 308 g/mol. The smallest absolute Gasteiger partial charge is 0.147 e. The summed E-state index contributed by atoms with van der Waals surface area (Å²) in [5.41, 5.74) is 4.00. The third-order valence-corrected chi connectivity index (χ3v) is 4.61. The van der Waals surface area contributed by atoms with Gasteiger partial charge in [0.25, 0.3) is 0 Å². The highest BCUT2D eigenvalue weighted by molar-refractivity contribution is 5.85. The summed E-state index contributed by atoms with van der Waals surface area (Å²) in [7, 11) is 2.09. The Morgan fingerprint density at radius 3 is 3.00 bits per heavy atom. The van der Waals surface area contributed by atoms with Crippen molar-refractivity contribution in [2.45, 2.75) is 19.4 Å². The molecule has 3 aromatic rings. The Kier molecular flexibility index (Phi) is 3.46. The zero-order valence-corrected chi connectivity index (χ0v) is 13.4. The first-order valence-corrected chi connectivity index (χ1v) is 7.93. The van der Waals surface area contributed by atoms with E-state index in [1.807, 2.05) is 31.5 Å². The first kappa shape index (κ1) is 14.1. The number of aryl methyl sites for hydroxylation is 1. The standard InChI is InChI=1S/C17H20N6/c1-11-14-7-12(3-4-15(14)22-21-11)16-9-19-10-17(20-16)23(2)13-5-6-18-8-13/h3-4,7,9-10,13,18H,5-6,8H2,1-2H3,(H,21,22). The molecule has 1 aliphatic rings. The molecule has 118 valence electrons. The SMILES string of the molecule is Cc1[nH]nc2ccc(-c3cncc(N(C)C4CCNC4)n3)cc12. The first-order valence-electron chi connectivity index (χ1n) is 7.93. The fourth-order valence-corrected chi connectivity index (χ4v) is 3.12. The zero-order chi connectivity index (χ0) is 15.8. The molecule has 0 amide bonds. The Morgan fingerprint density at radius 1 is 1.26 bits per heavy atom. The molecule has 1 fully saturated rings. The predicted molar refractivity (Wildman–Crippen MR) is 91.5 cm³/mol. The average Bonchev–Trinajstić information content (AvgIpc) is 3.25. The van der Waals surface area contributed by atoms with Crippen molar-refractivity contribution in [3.63, 3.8) is 0 Å². The van der Waals surface area contributed by atoms with Crippen molar-refractivity contribution in [1.29, 1.82) is 0 Å². The van der Waals surface area contributed by atoms with Gasteiger partial charge in [-0.2, -0.15) is 5.10 Å². The van der Waals surface area contributed by atoms with Crippen LogP contribution >= 0.6 is 0 Å². The van der Waals surface area contributed by atoms with Crippen molar-refractivity contribution in [3.05, 3.63) is 36.3 Å². The minimum Gasteiger partial charge on any atom is -0.354 e. The van der Waals surface area contributed by atoms with E-state index in [1.165, 1.54) is 0 Å². The molecule has 6 nitrogen and oxygen atoms in total. The number of aromatic nitrogens is 4. The summed E-state index contributed by atoms with van der Waals surface area (Å²) in [6, 6.07) is 6.68. The molecule has 1 atom stereocenters. The summed E-state index contributed by atoms with van der Waals surface area (Å²) < 4.78 is 0. The van der Waals surface area contributed by atoms with E-state index < -0.39 is 0 Å². The lowest BCUT2D eigenvalue weighted by Gasteiger charge is -2.24. The van der Waals surface area contributed by atoms with Gasteiger partial charge >= 0.3 is 0 Å². The molecule has 0 saturated carbocycles. The summed E-state index contributed by atoms with van der Waals surface area (Å²) >= 11 is 0. The van der Waals surface area contributed by atoms with Gasteiger partial charge in [-0.1, -0.05) is 6.07 Å². The summed E-state index contributed by atoms with van der Waals surface area (Å²) in [4.78, 5) is 11.4. The molecule has 0 spiro atoms. The summed E-state index contributed by atoms with van der Waals surface area (Å²) in [5.74, 6) is 0.917. The number of H-pyrrole nitrogens is 1. The lowest BCUT2D eigenvalue weighted by Crippen LogP contribution is -2.34. The number of nitrogens with zero attached hydrogens (tertiary/aromatic N) is 4. The molecule has 2 N–H and O–H groups in total. The number of fused-ring (bicyclic) bond motifs is 1. The van der Waals surface area contributed by atoms with Crippen LogP contribution in [0.5, 0.6) is 0 Å². The molecule has 0 radical (unpaired) electrons. The quantitative estimate of drug-likeness (QED) is 0.775. The molecular weight excluding hydrogens is 288 g/mol. The van der Waals surface area contributed by atoms with Crippen LogP contribution in [-0.2, 0) is 0 Å². The van der Waals surface area contributed by atoms with E-state index in [9.17, 15) is 0 Å². The van der Waals surface area contributed by atoms with Crippen molar-refractivity contribution >= 4 is 16.7 Å². The largest absolute Gasteiger partial charge is 0.354 e. The van der Waals surface area contributed by atoms with Gasteiger partial charge in [-0.15, -0.1) is 0 Å². The maximum Gasteiger partial charge on any atom is 0.147 e. The van der Waals surface area contributed by atoms with Crippen LogP contribution in [0.2, 0.25) is 0 Å². The zero-order valence-electron chi connectivity index (χ0n) is 13.4. The van der Waals surface area contributed by atoms with Crippen LogP contribution < -0.4 is 10.2 Å². The van der Waals surface area contributed by atoms with Crippen LogP contribution in [0.15, 0.2) is 30.6 Å². The van der Waals surface area contributed by atoms with Crippen molar-refractivity contribution < 1.29 is 0 Å². The number of likely N-dealkylation sites (N-methyl/N-ethyl adjacent to an activating group) is 1. The maximum atomic E-state index is 4.81. The van der Waals surface area contributed by atoms with E-state index in [0.29, 0.717) is 6.04 Å². The highest BCUT2D eigenvalue weighted by Crippen LogP contribution is 2.25. The topological polar surface area (TPSA) is 69.7 Å². The number of nitrogens with one attached hydrogen (secondary N) is 2. The van der Waals surface area contributed by atoms with E-state index in [4.69, 9.17) is 4.98 Å². The van der Waals surface area contributed by atoms with Gasteiger partial charge in [-0.25, -0.2) is 4.98 Å². The minimum absolute atomic E-state index is 0.484. The molecule has 0 bridgehead atoms. The highest BCUT2D eigenvalue weighted by Gasteiger charge is 2.20. The van der Waals surface area contributed by atoms with Gasteiger partial charge in [0.05, 0.1) is 23.6 Å². The number of anilines is 1. The van der Waals surface area contributed by atoms with Gasteiger partial charge in [0.2, 0.25) is 0 Å². The second-order valence-corrected chi connectivity index (χ2v) is 6.10. The monoisotopic (exact) mass is 308 g/mol. The van der Waals surface area contributed by atoms with Gasteiger partial charge in [-0.05, 0) is 32.0 Å². The second-order valence-electron chi connectivity index (χ2n) is 6.10. The fraction of sp³-hybridized carbons (Fsp3) is 0.353. The van der Waals surface area contributed by atoms with Crippen molar-refractivity contribution in [2.24, 2.45) is 0 Å². The molecule has 2 aromatic heterocycles. The first-order chi connectivity index (χ1) is 11.2. The van der Waals surface area contributed by atoms with Gasteiger partial charge in [0.15, 0.2) is 0 Å². The van der Waals surface area contributed by atoms with E-state index >= 15 is 0 Å². The van der Waals surface area contributed by atoms with Gasteiger partial charge in [-0.3, -0.25) is 10.1 Å². The number of benzene rings is 1. The Morgan fingerprint density at radius 2 is 2.17 bits per heavy atom. The summed E-state index contributed by atoms with van der Waals surface area (Å²) in [6.07, 6.45) is 4.80. The Labute approximate surface area is 135 Å². The molecule has 1 unspecified atom stereocenters. The Bertz CT molecular complexity index is 834. The predicted octanol–water partition coefficient (Wildman–Crippen LogP) is 2.13. The maximum absolute atomic E-state index is 4.81. The van der Waals surface area contributed by atoms with E-state index in [2.05, 4.69) is 38.5 Å². The van der Waals surface area contributed by atoms with Gasteiger partial charge in [0, 0.05) is 36.3 Å². The molecule has 1 aromatic carbocycles. The van der Waals surface area contributed by atoms with Crippen molar-refractivity contribution in [2.75, 3.05) is 25.0 Å². The lowest BCUT2D eigenvalue weighted by molar-refractivity contribution is 0.676. The minimum atomic E-state index is 0.484.